The largest absolute Gasteiger partial charge is 0.454 e. The maximum absolute atomic E-state index is 13.2. The number of ether oxygens (including phenoxy) is 2. The number of carbonyl (C=O) groups excluding carboxylic acids is 2. The molecule has 2 aliphatic heterocycles. The minimum atomic E-state index is -3.84. The summed E-state index contributed by atoms with van der Waals surface area (Å²) in [5.74, 6) is 0.773. The first-order valence-corrected chi connectivity index (χ1v) is 11.5. The molecule has 8 nitrogen and oxygen atoms in total. The predicted molar refractivity (Wildman–Crippen MR) is 111 cm³/mol. The maximum Gasteiger partial charge on any atom is 0.238 e. The molecule has 0 bridgehead atoms. The topological polar surface area (TPSA) is 116 Å². The van der Waals surface area contributed by atoms with Crippen LogP contribution in [-0.4, -0.2) is 26.9 Å². The molecule has 1 amide bonds. The van der Waals surface area contributed by atoms with Gasteiger partial charge in [0.2, 0.25) is 22.7 Å². The van der Waals surface area contributed by atoms with Crippen LogP contribution in [0.4, 0.5) is 5.69 Å². The van der Waals surface area contributed by atoms with Gasteiger partial charge in [-0.05, 0) is 54.8 Å². The van der Waals surface area contributed by atoms with E-state index in [4.69, 9.17) is 14.6 Å². The van der Waals surface area contributed by atoms with Gasteiger partial charge in [-0.15, -0.1) is 0 Å². The predicted octanol–water partition coefficient (Wildman–Crippen LogP) is 2.59. The van der Waals surface area contributed by atoms with E-state index in [-0.39, 0.29) is 35.7 Å². The standard InChI is InChI=1S/C22H20N2O6S/c23-31(27,28)15-7-5-14(6-8-15)24-17-2-1-3-18(25)22(17)16(11-21(24)26)13-4-9-19-20(10-13)30-12-29-19/h4-10,16H,1-3,11-12H2,(H2,23,27,28). The Balaban J connectivity index is 1.59. The lowest BCUT2D eigenvalue weighted by atomic mass is 9.77. The van der Waals surface area contributed by atoms with Crippen LogP contribution in [0.1, 0.15) is 37.2 Å². The quantitative estimate of drug-likeness (QED) is 0.784. The van der Waals surface area contributed by atoms with Gasteiger partial charge in [0.1, 0.15) is 0 Å². The molecule has 1 atom stereocenters. The van der Waals surface area contributed by atoms with Crippen molar-refractivity contribution in [3.63, 3.8) is 0 Å². The molecule has 2 aromatic rings. The van der Waals surface area contributed by atoms with Gasteiger partial charge in [0.05, 0.1) is 4.90 Å². The number of anilines is 1. The smallest absolute Gasteiger partial charge is 0.238 e. The summed E-state index contributed by atoms with van der Waals surface area (Å²) in [5, 5.41) is 5.18. The van der Waals surface area contributed by atoms with Crippen LogP contribution in [0.3, 0.4) is 0 Å². The minimum Gasteiger partial charge on any atom is -0.454 e. The van der Waals surface area contributed by atoms with Crippen molar-refractivity contribution in [2.24, 2.45) is 5.14 Å². The van der Waals surface area contributed by atoms with Crippen LogP contribution in [0.5, 0.6) is 11.5 Å². The number of hydrogen-bond donors (Lipinski definition) is 1. The molecule has 3 aliphatic rings. The van der Waals surface area contributed by atoms with Crippen LogP contribution in [0.2, 0.25) is 0 Å². The summed E-state index contributed by atoms with van der Waals surface area (Å²) in [5.41, 5.74) is 2.67. The molecule has 2 heterocycles. The number of fused-ring (bicyclic) bond motifs is 1. The van der Waals surface area contributed by atoms with E-state index in [2.05, 4.69) is 0 Å². The second-order valence-corrected chi connectivity index (χ2v) is 9.34. The van der Waals surface area contributed by atoms with Gasteiger partial charge in [-0.2, -0.15) is 0 Å². The molecule has 1 aliphatic carbocycles. The van der Waals surface area contributed by atoms with E-state index < -0.39 is 10.0 Å². The van der Waals surface area contributed by atoms with E-state index in [9.17, 15) is 18.0 Å². The van der Waals surface area contributed by atoms with E-state index in [0.29, 0.717) is 47.7 Å². The zero-order valence-corrected chi connectivity index (χ0v) is 17.4. The van der Waals surface area contributed by atoms with E-state index >= 15 is 0 Å². The fourth-order valence-electron chi connectivity index (χ4n) is 4.49. The lowest BCUT2D eigenvalue weighted by Gasteiger charge is -2.38. The van der Waals surface area contributed by atoms with Crippen molar-refractivity contribution < 1.29 is 27.5 Å². The fourth-order valence-corrected chi connectivity index (χ4v) is 5.01. The second-order valence-electron chi connectivity index (χ2n) is 7.77. The van der Waals surface area contributed by atoms with Gasteiger partial charge in [0.15, 0.2) is 17.3 Å². The molecule has 160 valence electrons. The first-order chi connectivity index (χ1) is 14.8. The van der Waals surface area contributed by atoms with Crippen LogP contribution in [0, 0.1) is 0 Å². The molecule has 5 rings (SSSR count). The molecule has 2 aromatic carbocycles. The van der Waals surface area contributed by atoms with Crippen LogP contribution in [0.25, 0.3) is 0 Å². The van der Waals surface area contributed by atoms with E-state index in [0.717, 1.165) is 5.56 Å². The monoisotopic (exact) mass is 440 g/mol. The molecule has 9 heteroatoms. The second kappa shape index (κ2) is 7.21. The highest BCUT2D eigenvalue weighted by atomic mass is 32.2. The molecular weight excluding hydrogens is 420 g/mol. The van der Waals surface area contributed by atoms with Gasteiger partial charge in [-0.1, -0.05) is 6.07 Å². The molecule has 0 saturated carbocycles. The molecule has 0 radical (unpaired) electrons. The zero-order chi connectivity index (χ0) is 21.8. The van der Waals surface area contributed by atoms with Crippen LogP contribution in [-0.2, 0) is 19.6 Å². The minimum absolute atomic E-state index is 0.0302. The van der Waals surface area contributed by atoms with Crippen molar-refractivity contribution in [3.8, 4) is 11.5 Å². The van der Waals surface area contributed by atoms with Crippen molar-refractivity contribution in [3.05, 3.63) is 59.3 Å². The number of hydrogen-bond acceptors (Lipinski definition) is 6. The molecule has 2 N–H and O–H groups in total. The van der Waals surface area contributed by atoms with Crippen LogP contribution < -0.4 is 19.5 Å². The number of primary sulfonamides is 1. The summed E-state index contributed by atoms with van der Waals surface area (Å²) < 4.78 is 34.0. The van der Waals surface area contributed by atoms with Gasteiger partial charge in [-0.25, -0.2) is 13.6 Å². The number of rotatable bonds is 3. The van der Waals surface area contributed by atoms with Crippen molar-refractivity contribution in [1.29, 1.82) is 0 Å². The molecule has 0 fully saturated rings. The van der Waals surface area contributed by atoms with E-state index in [1.165, 1.54) is 12.1 Å². The fraction of sp³-hybridized carbons (Fsp3) is 0.273. The number of amides is 1. The molecule has 0 aromatic heterocycles. The van der Waals surface area contributed by atoms with Gasteiger partial charge in [0, 0.05) is 35.7 Å². The third kappa shape index (κ3) is 3.39. The van der Waals surface area contributed by atoms with Gasteiger partial charge in [-0.3, -0.25) is 14.5 Å². The number of carbonyl (C=O) groups is 2. The Hall–Kier alpha value is -3.17. The molecule has 0 saturated heterocycles. The van der Waals surface area contributed by atoms with E-state index in [1.807, 2.05) is 12.1 Å². The molecule has 31 heavy (non-hydrogen) atoms. The number of Topliss-reactive ketones (excluding diaryl/α,β-unsaturated/α-hetero) is 1. The van der Waals surface area contributed by atoms with Crippen molar-refractivity contribution in [2.75, 3.05) is 11.7 Å². The molecular formula is C22H20N2O6S. The SMILES string of the molecule is NS(=O)(=O)c1ccc(N2C(=O)CC(c3ccc4c(c3)OCO4)C3=C2CCCC3=O)cc1. The van der Waals surface area contributed by atoms with Gasteiger partial charge >= 0.3 is 0 Å². The summed E-state index contributed by atoms with van der Waals surface area (Å²) in [4.78, 5) is 27.7. The lowest BCUT2D eigenvalue weighted by Crippen LogP contribution is -2.40. The highest BCUT2D eigenvalue weighted by Crippen LogP contribution is 2.45. The Kier molecular flexibility index (Phi) is 4.60. The average molecular weight is 440 g/mol. The number of allylic oxidation sites excluding steroid dienone is 2. The summed E-state index contributed by atoms with van der Waals surface area (Å²) in [6.45, 7) is 0.150. The highest BCUT2D eigenvalue weighted by Gasteiger charge is 2.40. The number of nitrogens with two attached hydrogens (primary N) is 1. The number of sulfonamides is 1. The Bertz CT molecular complexity index is 1230. The number of benzene rings is 2. The van der Waals surface area contributed by atoms with Gasteiger partial charge in [0.25, 0.3) is 0 Å². The first-order valence-electron chi connectivity index (χ1n) is 9.94. The Morgan fingerprint density at radius 3 is 2.45 bits per heavy atom. The van der Waals surface area contributed by atoms with Crippen molar-refractivity contribution >= 4 is 27.4 Å². The first kappa shape index (κ1) is 19.8. The Morgan fingerprint density at radius 2 is 1.71 bits per heavy atom. The summed E-state index contributed by atoms with van der Waals surface area (Å²) in [6.07, 6.45) is 1.81. The lowest BCUT2D eigenvalue weighted by molar-refractivity contribution is -0.119. The summed E-state index contributed by atoms with van der Waals surface area (Å²) >= 11 is 0. The zero-order valence-electron chi connectivity index (χ0n) is 16.5. The number of nitrogens with zero attached hydrogens (tertiary/aromatic N) is 1. The summed E-state index contributed by atoms with van der Waals surface area (Å²) in [6, 6.07) is 11.3. The maximum atomic E-state index is 13.2. The normalized spacial score (nSPS) is 20.8. The van der Waals surface area contributed by atoms with Crippen molar-refractivity contribution in [1.82, 2.24) is 0 Å². The Labute approximate surface area is 179 Å². The highest BCUT2D eigenvalue weighted by molar-refractivity contribution is 7.89. The Morgan fingerprint density at radius 1 is 0.968 bits per heavy atom. The van der Waals surface area contributed by atoms with Crippen LogP contribution >= 0.6 is 0 Å². The third-order valence-electron chi connectivity index (χ3n) is 5.90. The van der Waals surface area contributed by atoms with E-state index in [1.54, 1.807) is 23.1 Å². The molecule has 1 unspecified atom stereocenters. The number of ketones is 1. The van der Waals surface area contributed by atoms with Gasteiger partial charge < -0.3 is 9.47 Å². The summed E-state index contributed by atoms with van der Waals surface area (Å²) in [7, 11) is -3.84. The molecule has 0 spiro atoms. The third-order valence-corrected chi connectivity index (χ3v) is 6.83. The van der Waals surface area contributed by atoms with Crippen LogP contribution in [0.15, 0.2) is 58.6 Å². The average Bonchev–Trinajstić information content (AvgIpc) is 3.20. The van der Waals surface area contributed by atoms with Crippen molar-refractivity contribution in [2.45, 2.75) is 36.5 Å².